The van der Waals surface area contributed by atoms with E-state index in [4.69, 9.17) is 17.0 Å². The minimum atomic E-state index is -4.46. The molecule has 4 rings (SSSR count). The molecule has 4 nitrogen and oxygen atoms in total. The summed E-state index contributed by atoms with van der Waals surface area (Å²) in [4.78, 5) is 8.49. The molecule has 2 aliphatic rings. The second-order valence-corrected chi connectivity index (χ2v) is 10.6. The number of likely N-dealkylation sites (tertiary alicyclic amines) is 1. The SMILES string of the molecule is COc1ccc(C(F)(F)F)c2c1N(c1ccccc1N=C=S)CC21CCN(CC(C)(C)C)CC1. The summed E-state index contributed by atoms with van der Waals surface area (Å²) in [5, 5.41) is 2.40. The topological polar surface area (TPSA) is 28.1 Å². The maximum Gasteiger partial charge on any atom is 0.416 e. The molecule has 0 aliphatic carbocycles. The van der Waals surface area contributed by atoms with Gasteiger partial charge in [-0.05, 0) is 73.4 Å². The predicted molar refractivity (Wildman–Crippen MR) is 133 cm³/mol. The smallest absolute Gasteiger partial charge is 0.416 e. The number of thiocarbonyl (C=S) groups is 1. The predicted octanol–water partition coefficient (Wildman–Crippen LogP) is 6.98. The van der Waals surface area contributed by atoms with E-state index in [1.807, 2.05) is 23.1 Å². The van der Waals surface area contributed by atoms with E-state index in [-0.39, 0.29) is 5.41 Å². The first-order valence-electron chi connectivity index (χ1n) is 11.4. The van der Waals surface area contributed by atoms with Gasteiger partial charge >= 0.3 is 6.18 Å². The van der Waals surface area contributed by atoms with E-state index < -0.39 is 17.2 Å². The van der Waals surface area contributed by atoms with Crippen LogP contribution in [0.2, 0.25) is 0 Å². The fourth-order valence-corrected chi connectivity index (χ4v) is 5.60. The van der Waals surface area contributed by atoms with Crippen molar-refractivity contribution in [3.05, 3.63) is 47.5 Å². The number of alkyl halides is 3. The average Bonchev–Trinajstić information content (AvgIpc) is 3.09. The lowest BCUT2D eigenvalue weighted by Crippen LogP contribution is -2.47. The van der Waals surface area contributed by atoms with Gasteiger partial charge in [0.25, 0.3) is 0 Å². The van der Waals surface area contributed by atoms with Crippen LogP contribution in [0.4, 0.5) is 30.2 Å². The number of rotatable bonds is 4. The molecule has 0 saturated carbocycles. The second kappa shape index (κ2) is 8.99. The zero-order chi connectivity index (χ0) is 24.7. The maximum atomic E-state index is 14.3. The van der Waals surface area contributed by atoms with Crippen molar-refractivity contribution in [2.45, 2.75) is 45.2 Å². The van der Waals surface area contributed by atoms with Gasteiger partial charge in [0, 0.05) is 18.5 Å². The highest BCUT2D eigenvalue weighted by Gasteiger charge is 2.52. The number of methoxy groups -OCH3 is 1. The minimum Gasteiger partial charge on any atom is -0.495 e. The van der Waals surface area contributed by atoms with Crippen LogP contribution < -0.4 is 9.64 Å². The van der Waals surface area contributed by atoms with Crippen molar-refractivity contribution >= 4 is 34.4 Å². The molecule has 2 aromatic carbocycles. The number of isothiocyanates is 1. The van der Waals surface area contributed by atoms with Crippen molar-refractivity contribution in [1.82, 2.24) is 4.90 Å². The Bertz CT molecular complexity index is 1110. The van der Waals surface area contributed by atoms with E-state index in [1.54, 1.807) is 6.07 Å². The first-order valence-corrected chi connectivity index (χ1v) is 11.9. The Kier molecular flexibility index (Phi) is 6.53. The Morgan fingerprint density at radius 3 is 2.35 bits per heavy atom. The molecule has 0 unspecified atom stereocenters. The van der Waals surface area contributed by atoms with Crippen LogP contribution in [0, 0.1) is 5.41 Å². The Labute approximate surface area is 204 Å². The van der Waals surface area contributed by atoms with Gasteiger partial charge in [-0.3, -0.25) is 0 Å². The summed E-state index contributed by atoms with van der Waals surface area (Å²) in [5.41, 5.74) is 1.01. The summed E-state index contributed by atoms with van der Waals surface area (Å²) in [7, 11) is 1.50. The number of hydrogen-bond donors (Lipinski definition) is 0. The number of aliphatic imine (C=N–C) groups is 1. The van der Waals surface area contributed by atoms with Crippen molar-refractivity contribution in [2.75, 3.05) is 38.2 Å². The molecule has 182 valence electrons. The van der Waals surface area contributed by atoms with Crippen LogP contribution in [0.5, 0.6) is 5.75 Å². The van der Waals surface area contributed by atoms with Gasteiger partial charge in [0.15, 0.2) is 0 Å². The molecule has 0 bridgehead atoms. The lowest BCUT2D eigenvalue weighted by molar-refractivity contribution is -0.138. The number of hydrogen-bond acceptors (Lipinski definition) is 5. The Morgan fingerprint density at radius 1 is 1.09 bits per heavy atom. The molecule has 34 heavy (non-hydrogen) atoms. The first-order chi connectivity index (χ1) is 16.0. The van der Waals surface area contributed by atoms with Crippen molar-refractivity contribution in [2.24, 2.45) is 10.4 Å². The molecule has 0 N–H and O–H groups in total. The third-order valence-electron chi connectivity index (χ3n) is 6.78. The highest BCUT2D eigenvalue weighted by Crippen LogP contribution is 2.57. The third-order valence-corrected chi connectivity index (χ3v) is 6.87. The molecular weight excluding hydrogens is 459 g/mol. The number of para-hydroxylation sites is 2. The van der Waals surface area contributed by atoms with Crippen molar-refractivity contribution < 1.29 is 17.9 Å². The average molecular weight is 490 g/mol. The number of benzene rings is 2. The maximum absolute atomic E-state index is 14.3. The highest BCUT2D eigenvalue weighted by molar-refractivity contribution is 7.78. The fourth-order valence-electron chi connectivity index (χ4n) is 5.50. The monoisotopic (exact) mass is 489 g/mol. The summed E-state index contributed by atoms with van der Waals surface area (Å²) >= 11 is 4.83. The number of anilines is 2. The highest BCUT2D eigenvalue weighted by atomic mass is 32.1. The lowest BCUT2D eigenvalue weighted by Gasteiger charge is -2.42. The molecule has 0 radical (unpaired) electrons. The molecule has 2 aliphatic heterocycles. The third kappa shape index (κ3) is 4.59. The van der Waals surface area contributed by atoms with E-state index in [2.05, 4.69) is 35.8 Å². The normalized spacial score (nSPS) is 18.0. The number of piperidine rings is 1. The van der Waals surface area contributed by atoms with Gasteiger partial charge in [-0.2, -0.15) is 18.2 Å². The van der Waals surface area contributed by atoms with Gasteiger partial charge in [0.05, 0.1) is 34.9 Å². The van der Waals surface area contributed by atoms with E-state index >= 15 is 0 Å². The van der Waals surface area contributed by atoms with Crippen LogP contribution in [0.15, 0.2) is 41.4 Å². The number of fused-ring (bicyclic) bond motifs is 2. The summed E-state index contributed by atoms with van der Waals surface area (Å²) in [5.74, 6) is 0.429. The van der Waals surface area contributed by atoms with Crippen LogP contribution >= 0.6 is 12.2 Å². The van der Waals surface area contributed by atoms with Crippen molar-refractivity contribution in [3.63, 3.8) is 0 Å². The van der Waals surface area contributed by atoms with Gasteiger partial charge in [0.2, 0.25) is 0 Å². The van der Waals surface area contributed by atoms with Crippen molar-refractivity contribution in [3.8, 4) is 5.75 Å². The molecule has 0 atom stereocenters. The molecule has 2 aromatic rings. The summed E-state index contributed by atoms with van der Waals surface area (Å²) in [6.45, 7) is 9.39. The lowest BCUT2D eigenvalue weighted by atomic mass is 9.72. The summed E-state index contributed by atoms with van der Waals surface area (Å²) in [6, 6.07) is 9.94. The number of halogens is 3. The Hall–Kier alpha value is -2.41. The van der Waals surface area contributed by atoms with Crippen LogP contribution in [0.3, 0.4) is 0 Å². The standard InChI is InChI=1S/C26H30F3N3OS/c1-24(2,3)15-31-13-11-25(12-14-31)16-32(20-8-6-5-7-19(20)30-17-34)23-21(33-4)10-9-18(22(23)25)26(27,28)29/h5-10H,11-16H2,1-4H3. The largest absolute Gasteiger partial charge is 0.495 e. The zero-order valence-corrected chi connectivity index (χ0v) is 20.8. The molecule has 8 heteroatoms. The second-order valence-electron chi connectivity index (χ2n) is 10.4. The van der Waals surface area contributed by atoms with Crippen LogP contribution in [-0.2, 0) is 11.6 Å². The van der Waals surface area contributed by atoms with Crippen LogP contribution in [-0.4, -0.2) is 43.3 Å². The van der Waals surface area contributed by atoms with Gasteiger partial charge < -0.3 is 14.5 Å². The quantitative estimate of drug-likeness (QED) is 0.342. The van der Waals surface area contributed by atoms with Gasteiger partial charge in [-0.1, -0.05) is 32.9 Å². The summed E-state index contributed by atoms with van der Waals surface area (Å²) < 4.78 is 48.6. The van der Waals surface area contributed by atoms with Gasteiger partial charge in [-0.25, -0.2) is 0 Å². The van der Waals surface area contributed by atoms with E-state index in [1.165, 1.54) is 19.2 Å². The minimum absolute atomic E-state index is 0.127. The molecule has 0 aromatic heterocycles. The fraction of sp³-hybridized carbons (Fsp3) is 0.500. The van der Waals surface area contributed by atoms with Crippen LogP contribution in [0.1, 0.15) is 44.7 Å². The van der Waals surface area contributed by atoms with Gasteiger partial charge in [0.1, 0.15) is 5.75 Å². The number of nitrogens with zero attached hydrogens (tertiary/aromatic N) is 3. The molecule has 2 heterocycles. The zero-order valence-electron chi connectivity index (χ0n) is 20.0. The molecule has 1 saturated heterocycles. The van der Waals surface area contributed by atoms with E-state index in [0.29, 0.717) is 47.8 Å². The van der Waals surface area contributed by atoms with E-state index in [9.17, 15) is 13.2 Å². The Morgan fingerprint density at radius 2 is 1.76 bits per heavy atom. The summed E-state index contributed by atoms with van der Waals surface area (Å²) in [6.07, 6.45) is -3.18. The van der Waals surface area contributed by atoms with Crippen LogP contribution in [0.25, 0.3) is 0 Å². The van der Waals surface area contributed by atoms with Gasteiger partial charge in [-0.15, -0.1) is 0 Å². The number of ether oxygens (including phenoxy) is 1. The van der Waals surface area contributed by atoms with E-state index in [0.717, 1.165) is 19.6 Å². The molecule has 0 amide bonds. The molecule has 1 fully saturated rings. The molecular formula is C26H30F3N3OS. The Balaban J connectivity index is 1.88. The van der Waals surface area contributed by atoms with Crippen molar-refractivity contribution in [1.29, 1.82) is 0 Å². The first kappa shape index (κ1) is 24.7. The molecule has 1 spiro atoms.